The molecule has 2 aromatic heterocycles. The van der Waals surface area contributed by atoms with Crippen molar-refractivity contribution in [2.75, 3.05) is 11.9 Å². The highest BCUT2D eigenvalue weighted by Gasteiger charge is 2.21. The van der Waals surface area contributed by atoms with Gasteiger partial charge in [-0.05, 0) is 17.7 Å². The maximum Gasteiger partial charge on any atom is 0.261 e. The van der Waals surface area contributed by atoms with E-state index in [2.05, 4.69) is 44.5 Å². The minimum atomic E-state index is -0.286. The van der Waals surface area contributed by atoms with Crippen molar-refractivity contribution in [3.05, 3.63) is 87.4 Å². The first kappa shape index (κ1) is 19.6. The van der Waals surface area contributed by atoms with Gasteiger partial charge in [0.15, 0.2) is 5.13 Å². The molecule has 2 aromatic carbocycles. The van der Waals surface area contributed by atoms with Crippen LogP contribution in [0.25, 0.3) is 10.9 Å². The van der Waals surface area contributed by atoms with Crippen molar-refractivity contribution in [2.45, 2.75) is 26.1 Å². The van der Waals surface area contributed by atoms with Crippen LogP contribution in [0.15, 0.2) is 65.7 Å². The normalized spacial score (nSPS) is 13.8. The van der Waals surface area contributed by atoms with Gasteiger partial charge in [0, 0.05) is 30.9 Å². The van der Waals surface area contributed by atoms with E-state index < -0.39 is 0 Å². The molecule has 0 spiro atoms. The van der Waals surface area contributed by atoms with Crippen LogP contribution in [0.3, 0.4) is 0 Å². The summed E-state index contributed by atoms with van der Waals surface area (Å²) in [5.74, 6) is -0.286. The first-order chi connectivity index (χ1) is 15.2. The van der Waals surface area contributed by atoms with Crippen LogP contribution in [0.4, 0.5) is 5.13 Å². The van der Waals surface area contributed by atoms with Crippen LogP contribution in [0.1, 0.15) is 16.1 Å². The van der Waals surface area contributed by atoms with Crippen LogP contribution in [-0.2, 0) is 30.8 Å². The van der Waals surface area contributed by atoms with Crippen LogP contribution < -0.4 is 10.9 Å². The van der Waals surface area contributed by atoms with E-state index in [-0.39, 0.29) is 18.0 Å². The second kappa shape index (κ2) is 8.41. The number of hydrogen-bond donors (Lipinski definition) is 1. The highest BCUT2D eigenvalue weighted by Crippen LogP contribution is 2.29. The number of rotatable bonds is 5. The maximum absolute atomic E-state index is 12.6. The standard InChI is InChI=1S/C23H21N5O2S/c29-21(14-28-15-24-18-9-5-4-8-17(18)22(28)30)26-23-25-19-10-11-27(13-20(19)31-23)12-16-6-2-1-3-7-16/h1-9,15H,10-14H2,(H,25,26,29). The summed E-state index contributed by atoms with van der Waals surface area (Å²) in [4.78, 5) is 37.6. The molecule has 8 heteroatoms. The lowest BCUT2D eigenvalue weighted by Gasteiger charge is -2.25. The SMILES string of the molecule is O=C(Cn1cnc2ccccc2c1=O)Nc1nc2c(s1)CN(Cc1ccccc1)CC2. The first-order valence-electron chi connectivity index (χ1n) is 10.1. The smallest absolute Gasteiger partial charge is 0.261 e. The van der Waals surface area contributed by atoms with E-state index >= 15 is 0 Å². The Bertz CT molecular complexity index is 1300. The number of carbonyl (C=O) groups is 1. The maximum atomic E-state index is 12.6. The monoisotopic (exact) mass is 431 g/mol. The van der Waals surface area contributed by atoms with Crippen molar-refractivity contribution in [1.82, 2.24) is 19.4 Å². The molecule has 0 atom stereocenters. The van der Waals surface area contributed by atoms with Crippen molar-refractivity contribution in [1.29, 1.82) is 0 Å². The lowest BCUT2D eigenvalue weighted by molar-refractivity contribution is -0.116. The number of fused-ring (bicyclic) bond motifs is 2. The molecule has 0 bridgehead atoms. The summed E-state index contributed by atoms with van der Waals surface area (Å²) < 4.78 is 1.33. The number of aromatic nitrogens is 3. The molecule has 1 aliphatic heterocycles. The number of para-hydroxylation sites is 1. The predicted molar refractivity (Wildman–Crippen MR) is 121 cm³/mol. The number of nitrogens with one attached hydrogen (secondary N) is 1. The molecule has 0 radical (unpaired) electrons. The molecular formula is C23H21N5O2S. The average molecular weight is 432 g/mol. The van der Waals surface area contributed by atoms with Crippen molar-refractivity contribution >= 4 is 33.3 Å². The van der Waals surface area contributed by atoms with E-state index in [4.69, 9.17) is 0 Å². The van der Waals surface area contributed by atoms with Gasteiger partial charge in [0.2, 0.25) is 5.91 Å². The van der Waals surface area contributed by atoms with Gasteiger partial charge in [0.1, 0.15) is 6.54 Å². The van der Waals surface area contributed by atoms with Gasteiger partial charge in [0.25, 0.3) is 5.56 Å². The fourth-order valence-corrected chi connectivity index (χ4v) is 4.88. The van der Waals surface area contributed by atoms with Crippen molar-refractivity contribution in [3.63, 3.8) is 0 Å². The Morgan fingerprint density at radius 3 is 2.77 bits per heavy atom. The molecule has 1 amide bonds. The van der Waals surface area contributed by atoms with Gasteiger partial charge >= 0.3 is 0 Å². The topological polar surface area (TPSA) is 80.1 Å². The van der Waals surface area contributed by atoms with Gasteiger partial charge in [0.05, 0.1) is 22.9 Å². The molecule has 5 rings (SSSR count). The summed E-state index contributed by atoms with van der Waals surface area (Å²) in [6, 6.07) is 17.5. The van der Waals surface area contributed by atoms with Crippen LogP contribution in [0.2, 0.25) is 0 Å². The molecule has 0 saturated carbocycles. The first-order valence-corrected chi connectivity index (χ1v) is 11.0. The molecule has 1 N–H and O–H groups in total. The molecule has 7 nitrogen and oxygen atoms in total. The van der Waals surface area contributed by atoms with Gasteiger partial charge in [-0.3, -0.25) is 19.1 Å². The molecule has 0 fully saturated rings. The fourth-order valence-electron chi connectivity index (χ4n) is 3.81. The summed E-state index contributed by atoms with van der Waals surface area (Å²) >= 11 is 1.51. The number of nitrogens with zero attached hydrogens (tertiary/aromatic N) is 4. The average Bonchev–Trinajstić information content (AvgIpc) is 3.18. The van der Waals surface area contributed by atoms with Gasteiger partial charge in [-0.25, -0.2) is 9.97 Å². The zero-order valence-corrected chi connectivity index (χ0v) is 17.6. The molecule has 3 heterocycles. The van der Waals surface area contributed by atoms with Crippen LogP contribution >= 0.6 is 11.3 Å². The number of benzene rings is 2. The lowest BCUT2D eigenvalue weighted by Crippen LogP contribution is -2.29. The highest BCUT2D eigenvalue weighted by atomic mass is 32.1. The summed E-state index contributed by atoms with van der Waals surface area (Å²) in [5, 5.41) is 3.93. The Labute approximate surface area is 183 Å². The molecule has 0 unspecified atom stereocenters. The van der Waals surface area contributed by atoms with E-state index in [0.717, 1.165) is 31.7 Å². The molecule has 156 valence electrons. The van der Waals surface area contributed by atoms with Gasteiger partial charge in [-0.15, -0.1) is 11.3 Å². The fraction of sp³-hybridized carbons (Fsp3) is 0.217. The third-order valence-electron chi connectivity index (χ3n) is 5.35. The van der Waals surface area contributed by atoms with E-state index in [0.29, 0.717) is 16.0 Å². The zero-order chi connectivity index (χ0) is 21.2. The number of anilines is 1. The summed E-state index contributed by atoms with van der Waals surface area (Å²) in [6.45, 7) is 2.57. The zero-order valence-electron chi connectivity index (χ0n) is 16.8. The third kappa shape index (κ3) is 4.26. The van der Waals surface area contributed by atoms with Crippen molar-refractivity contribution in [2.24, 2.45) is 0 Å². The number of carbonyl (C=O) groups excluding carboxylic acids is 1. The summed E-state index contributed by atoms with van der Waals surface area (Å²) in [7, 11) is 0. The minimum Gasteiger partial charge on any atom is -0.300 e. The Morgan fingerprint density at radius 1 is 1.10 bits per heavy atom. The molecule has 4 aromatic rings. The Morgan fingerprint density at radius 2 is 1.90 bits per heavy atom. The number of thiazole rings is 1. The molecule has 31 heavy (non-hydrogen) atoms. The van der Waals surface area contributed by atoms with Crippen molar-refractivity contribution in [3.8, 4) is 0 Å². The summed E-state index contributed by atoms with van der Waals surface area (Å²) in [6.07, 6.45) is 2.28. The minimum absolute atomic E-state index is 0.0962. The van der Waals surface area contributed by atoms with E-state index in [1.54, 1.807) is 18.2 Å². The van der Waals surface area contributed by atoms with E-state index in [1.807, 2.05) is 12.1 Å². The molecule has 1 aliphatic rings. The van der Waals surface area contributed by atoms with E-state index in [9.17, 15) is 9.59 Å². The molecule has 0 saturated heterocycles. The second-order valence-electron chi connectivity index (χ2n) is 7.58. The largest absolute Gasteiger partial charge is 0.300 e. The van der Waals surface area contributed by atoms with Gasteiger partial charge < -0.3 is 5.32 Å². The van der Waals surface area contributed by atoms with Crippen LogP contribution in [0.5, 0.6) is 0 Å². The van der Waals surface area contributed by atoms with E-state index in [1.165, 1.54) is 32.7 Å². The third-order valence-corrected chi connectivity index (χ3v) is 6.35. The summed E-state index contributed by atoms with van der Waals surface area (Å²) in [5.41, 5.74) is 2.74. The molecular weight excluding hydrogens is 410 g/mol. The Hall–Kier alpha value is -3.36. The van der Waals surface area contributed by atoms with Gasteiger partial charge in [-0.1, -0.05) is 42.5 Å². The number of hydrogen-bond acceptors (Lipinski definition) is 6. The Balaban J connectivity index is 1.25. The lowest BCUT2D eigenvalue weighted by atomic mass is 10.1. The molecule has 0 aliphatic carbocycles. The van der Waals surface area contributed by atoms with Crippen LogP contribution in [-0.4, -0.2) is 31.9 Å². The van der Waals surface area contributed by atoms with Gasteiger partial charge in [-0.2, -0.15) is 0 Å². The quantitative estimate of drug-likeness (QED) is 0.525. The Kier molecular flexibility index (Phi) is 5.31. The second-order valence-corrected chi connectivity index (χ2v) is 8.66. The highest BCUT2D eigenvalue weighted by molar-refractivity contribution is 7.15. The van der Waals surface area contributed by atoms with Crippen LogP contribution in [0, 0.1) is 0 Å². The van der Waals surface area contributed by atoms with Crippen molar-refractivity contribution < 1.29 is 4.79 Å². The number of amides is 1. The predicted octanol–water partition coefficient (Wildman–Crippen LogP) is 3.05.